The molecule has 0 unspecified atom stereocenters. The van der Waals surface area contributed by atoms with E-state index in [9.17, 15) is 9.59 Å². The Balaban J connectivity index is 1.91. The normalized spacial score (nSPS) is 15.7. The van der Waals surface area contributed by atoms with Crippen molar-refractivity contribution < 1.29 is 9.59 Å². The first-order valence-corrected chi connectivity index (χ1v) is 9.05. The molecule has 2 aromatic rings. The minimum Gasteiger partial charge on any atom is -0.377 e. The highest BCUT2D eigenvalue weighted by molar-refractivity contribution is 9.10. The third-order valence-corrected chi connectivity index (χ3v) is 4.90. The average molecular weight is 465 g/mol. The summed E-state index contributed by atoms with van der Waals surface area (Å²) >= 11 is 6.86. The third kappa shape index (κ3) is 3.62. The number of hydrogen-bond donors (Lipinski definition) is 1. The van der Waals surface area contributed by atoms with Gasteiger partial charge >= 0.3 is 0 Å². The summed E-state index contributed by atoms with van der Waals surface area (Å²) in [7, 11) is 3.89. The van der Waals surface area contributed by atoms with E-state index >= 15 is 0 Å². The number of nitrogens with zero attached hydrogens (tertiary/aromatic N) is 2. The van der Waals surface area contributed by atoms with E-state index in [0.29, 0.717) is 5.69 Å². The maximum atomic E-state index is 12.6. The number of carbonyl (C=O) groups excluding carboxylic acids is 2. The van der Waals surface area contributed by atoms with E-state index in [2.05, 4.69) is 37.3 Å². The highest BCUT2D eigenvalue weighted by Gasteiger charge is 2.34. The van der Waals surface area contributed by atoms with Gasteiger partial charge in [0.25, 0.3) is 11.8 Å². The molecule has 0 saturated carbocycles. The van der Waals surface area contributed by atoms with Crippen LogP contribution >= 0.6 is 31.9 Å². The molecule has 1 saturated heterocycles. The molecular formula is C18H15Br2N3O2. The molecule has 2 amide bonds. The molecule has 5 nitrogen and oxygen atoms in total. The van der Waals surface area contributed by atoms with Crippen molar-refractivity contribution in [2.75, 3.05) is 24.0 Å². The predicted molar refractivity (Wildman–Crippen MR) is 106 cm³/mol. The van der Waals surface area contributed by atoms with Gasteiger partial charge < -0.3 is 4.90 Å². The molecule has 1 aliphatic rings. The Morgan fingerprint density at radius 3 is 2.32 bits per heavy atom. The van der Waals surface area contributed by atoms with Gasteiger partial charge in [-0.15, -0.1) is 0 Å². The van der Waals surface area contributed by atoms with Crippen LogP contribution in [0.25, 0.3) is 6.08 Å². The quantitative estimate of drug-likeness (QED) is 0.556. The fourth-order valence-corrected chi connectivity index (χ4v) is 3.49. The zero-order chi connectivity index (χ0) is 18.1. The third-order valence-electron chi connectivity index (χ3n) is 3.74. The second kappa shape index (κ2) is 7.01. The molecule has 0 bridgehead atoms. The van der Waals surface area contributed by atoms with Gasteiger partial charge in [0.05, 0.1) is 11.4 Å². The molecular weight excluding hydrogens is 450 g/mol. The first-order chi connectivity index (χ1) is 11.9. The molecule has 128 valence electrons. The van der Waals surface area contributed by atoms with Crippen molar-refractivity contribution in [3.05, 3.63) is 62.5 Å². The smallest absolute Gasteiger partial charge is 0.282 e. The number of rotatable bonds is 3. The summed E-state index contributed by atoms with van der Waals surface area (Å²) in [5.74, 6) is -0.791. The lowest BCUT2D eigenvalue weighted by Crippen LogP contribution is -2.35. The van der Waals surface area contributed by atoms with E-state index < -0.39 is 5.91 Å². The predicted octanol–water partition coefficient (Wildman–Crippen LogP) is 3.74. The minimum atomic E-state index is -0.416. The molecule has 1 aliphatic heterocycles. The summed E-state index contributed by atoms with van der Waals surface area (Å²) in [6.07, 6.45) is 1.60. The van der Waals surface area contributed by atoms with Crippen molar-refractivity contribution in [3.63, 3.8) is 0 Å². The number of anilines is 2. The highest BCUT2D eigenvalue weighted by Crippen LogP contribution is 2.28. The first-order valence-electron chi connectivity index (χ1n) is 7.46. The largest absolute Gasteiger partial charge is 0.377 e. The summed E-state index contributed by atoms with van der Waals surface area (Å²) in [4.78, 5) is 26.8. The molecule has 0 atom stereocenters. The second-order valence-electron chi connectivity index (χ2n) is 5.72. The lowest BCUT2D eigenvalue weighted by atomic mass is 10.1. The number of hydrogen-bond acceptors (Lipinski definition) is 3. The lowest BCUT2D eigenvalue weighted by molar-refractivity contribution is -0.117. The van der Waals surface area contributed by atoms with Crippen molar-refractivity contribution in [2.45, 2.75) is 0 Å². The van der Waals surface area contributed by atoms with Crippen LogP contribution in [0.1, 0.15) is 5.56 Å². The minimum absolute atomic E-state index is 0.104. The van der Waals surface area contributed by atoms with Gasteiger partial charge in [0.1, 0.15) is 5.57 Å². The highest BCUT2D eigenvalue weighted by atomic mass is 79.9. The number of halogens is 2. The molecule has 0 radical (unpaired) electrons. The summed E-state index contributed by atoms with van der Waals surface area (Å²) < 4.78 is 1.79. The monoisotopic (exact) mass is 463 g/mol. The zero-order valence-corrected chi connectivity index (χ0v) is 16.8. The molecule has 2 aromatic carbocycles. The average Bonchev–Trinajstić information content (AvgIpc) is 2.83. The fourth-order valence-electron chi connectivity index (χ4n) is 2.47. The Bertz CT molecular complexity index is 876. The maximum Gasteiger partial charge on any atom is 0.282 e. The van der Waals surface area contributed by atoms with Gasteiger partial charge in [-0.1, -0.05) is 22.0 Å². The van der Waals surface area contributed by atoms with E-state index in [1.54, 1.807) is 18.2 Å². The van der Waals surface area contributed by atoms with E-state index in [1.165, 1.54) is 5.01 Å². The topological polar surface area (TPSA) is 52.7 Å². The number of hydrazine groups is 1. The van der Waals surface area contributed by atoms with Gasteiger partial charge in [-0.25, -0.2) is 5.01 Å². The van der Waals surface area contributed by atoms with Crippen molar-refractivity contribution in [2.24, 2.45) is 0 Å². The van der Waals surface area contributed by atoms with Crippen LogP contribution in [0.3, 0.4) is 0 Å². The van der Waals surface area contributed by atoms with Crippen LogP contribution in [-0.4, -0.2) is 25.9 Å². The molecule has 3 rings (SSSR count). The van der Waals surface area contributed by atoms with Crippen LogP contribution in [0.5, 0.6) is 0 Å². The molecule has 1 fully saturated rings. The van der Waals surface area contributed by atoms with Crippen LogP contribution in [0, 0.1) is 0 Å². The van der Waals surface area contributed by atoms with Crippen LogP contribution in [-0.2, 0) is 9.59 Å². The van der Waals surface area contributed by atoms with Gasteiger partial charge in [-0.2, -0.15) is 0 Å². The van der Waals surface area contributed by atoms with Crippen LogP contribution < -0.4 is 15.3 Å². The molecule has 7 heteroatoms. The SMILES string of the molecule is CN(C)c1ccc(/C=C2/C(=O)NN(c3ccc(Br)cc3)C2=O)cc1Br. The summed E-state index contributed by atoms with van der Waals surface area (Å²) in [6, 6.07) is 12.8. The Kier molecular flexibility index (Phi) is 4.96. The number of carbonyl (C=O) groups is 2. The Morgan fingerprint density at radius 2 is 1.72 bits per heavy atom. The van der Waals surface area contributed by atoms with Crippen molar-refractivity contribution in [1.82, 2.24) is 5.43 Å². The standard InChI is InChI=1S/C18H15Br2N3O2/c1-22(2)16-8-3-11(10-15(16)20)9-14-17(24)21-23(18(14)25)13-6-4-12(19)5-7-13/h3-10H,1-2H3,(H,21,24)/b14-9-. The van der Waals surface area contributed by atoms with E-state index in [4.69, 9.17) is 0 Å². The Labute approximate surface area is 162 Å². The Hall–Kier alpha value is -2.12. The van der Waals surface area contributed by atoms with Gasteiger partial charge in [0.15, 0.2) is 0 Å². The molecule has 0 aromatic heterocycles. The van der Waals surface area contributed by atoms with Gasteiger partial charge in [-0.05, 0) is 64.0 Å². The van der Waals surface area contributed by atoms with Gasteiger partial charge in [-0.3, -0.25) is 15.0 Å². The van der Waals surface area contributed by atoms with Gasteiger partial charge in [0.2, 0.25) is 0 Å². The van der Waals surface area contributed by atoms with Crippen LogP contribution in [0.4, 0.5) is 11.4 Å². The number of benzene rings is 2. The molecule has 1 heterocycles. The fraction of sp³-hybridized carbons (Fsp3) is 0.111. The molecule has 0 spiro atoms. The van der Waals surface area contributed by atoms with Crippen molar-refractivity contribution in [1.29, 1.82) is 0 Å². The van der Waals surface area contributed by atoms with Crippen molar-refractivity contribution >= 4 is 61.1 Å². The maximum absolute atomic E-state index is 12.6. The summed E-state index contributed by atoms with van der Waals surface area (Å²) in [5, 5.41) is 1.25. The number of amides is 2. The summed E-state index contributed by atoms with van der Waals surface area (Å²) in [5.41, 5.74) is 5.09. The van der Waals surface area contributed by atoms with Crippen molar-refractivity contribution in [3.8, 4) is 0 Å². The lowest BCUT2D eigenvalue weighted by Gasteiger charge is -2.15. The summed E-state index contributed by atoms with van der Waals surface area (Å²) in [6.45, 7) is 0. The van der Waals surface area contributed by atoms with Crippen LogP contribution in [0.15, 0.2) is 57.0 Å². The van der Waals surface area contributed by atoms with E-state index in [0.717, 1.165) is 20.2 Å². The van der Waals surface area contributed by atoms with Crippen LogP contribution in [0.2, 0.25) is 0 Å². The second-order valence-corrected chi connectivity index (χ2v) is 7.49. The van der Waals surface area contributed by atoms with E-state index in [1.807, 2.05) is 49.3 Å². The van der Waals surface area contributed by atoms with Gasteiger partial charge in [0, 0.05) is 23.0 Å². The number of nitrogens with one attached hydrogen (secondary N) is 1. The first kappa shape index (κ1) is 17.7. The van der Waals surface area contributed by atoms with E-state index in [-0.39, 0.29) is 11.5 Å². The molecule has 1 N–H and O–H groups in total. The Morgan fingerprint density at radius 1 is 1.04 bits per heavy atom. The zero-order valence-electron chi connectivity index (χ0n) is 13.6. The molecule has 0 aliphatic carbocycles. The molecule has 25 heavy (non-hydrogen) atoms.